The lowest BCUT2D eigenvalue weighted by molar-refractivity contribution is 0.0306. The molecule has 30 heavy (non-hydrogen) atoms. The summed E-state index contributed by atoms with van der Waals surface area (Å²) in [5.74, 6) is 0.102. The number of allylic oxidation sites excluding steroid dienone is 7. The van der Waals surface area contributed by atoms with Crippen molar-refractivity contribution in [1.29, 1.82) is 0 Å². The Morgan fingerprint density at radius 3 is 2.43 bits per heavy atom. The maximum atomic E-state index is 12.4. The van der Waals surface area contributed by atoms with E-state index in [0.29, 0.717) is 0 Å². The molecule has 2 aromatic rings. The van der Waals surface area contributed by atoms with Crippen molar-refractivity contribution in [3.05, 3.63) is 129 Å². The topological polar surface area (TPSA) is 20.2 Å². The molecule has 0 aliphatic heterocycles. The fourth-order valence-electron chi connectivity index (χ4n) is 4.27. The van der Waals surface area contributed by atoms with E-state index in [1.165, 1.54) is 5.56 Å². The first-order valence-corrected chi connectivity index (χ1v) is 11.8. The average Bonchev–Trinajstić information content (AvgIpc) is 3.16. The molecule has 0 saturated heterocycles. The number of hydrogen-bond acceptors (Lipinski definition) is 1. The van der Waals surface area contributed by atoms with Gasteiger partial charge in [0.2, 0.25) is 0 Å². The van der Waals surface area contributed by atoms with E-state index in [2.05, 4.69) is 86.5 Å². The molecular weight excluding hydrogens is 500 g/mol. The molecule has 3 unspecified atom stereocenters. The lowest BCUT2D eigenvalue weighted by atomic mass is 9.71. The summed E-state index contributed by atoms with van der Waals surface area (Å²) in [6.07, 6.45) is 18.5. The highest BCUT2D eigenvalue weighted by Crippen LogP contribution is 2.46. The van der Waals surface area contributed by atoms with Crippen LogP contribution in [0.1, 0.15) is 29.9 Å². The molecule has 3 heteroatoms. The summed E-state index contributed by atoms with van der Waals surface area (Å²) in [6, 6.07) is 18.5. The molecule has 0 aromatic heterocycles. The summed E-state index contributed by atoms with van der Waals surface area (Å²) >= 11 is 7.23. The Morgan fingerprint density at radius 2 is 1.67 bits per heavy atom. The third-order valence-electron chi connectivity index (χ3n) is 5.84. The highest BCUT2D eigenvalue weighted by molar-refractivity contribution is 9.12. The minimum absolute atomic E-state index is 0.105. The summed E-state index contributed by atoms with van der Waals surface area (Å²) in [6.45, 7) is 0. The van der Waals surface area contributed by atoms with Crippen molar-refractivity contribution in [2.24, 2.45) is 5.92 Å². The van der Waals surface area contributed by atoms with Crippen LogP contribution in [0.5, 0.6) is 0 Å². The summed E-state index contributed by atoms with van der Waals surface area (Å²) in [5.41, 5.74) is 1.98. The van der Waals surface area contributed by atoms with Gasteiger partial charge in [-0.2, -0.15) is 0 Å². The minimum atomic E-state index is -1.12. The number of benzene rings is 2. The molecule has 4 rings (SSSR count). The molecule has 0 bridgehead atoms. The molecule has 152 valence electrons. The Kier molecular flexibility index (Phi) is 6.72. The molecule has 0 heterocycles. The highest BCUT2D eigenvalue weighted by atomic mass is 79.9. The zero-order chi connectivity index (χ0) is 21.0. The maximum absolute atomic E-state index is 12.4. The van der Waals surface area contributed by atoms with Crippen molar-refractivity contribution >= 4 is 31.9 Å². The Balaban J connectivity index is 1.80. The fraction of sp³-hybridized carbons (Fsp3) is 0.185. The van der Waals surface area contributed by atoms with Gasteiger partial charge in [0.25, 0.3) is 0 Å². The molecule has 0 radical (unpaired) electrons. The number of hydrogen-bond donors (Lipinski definition) is 1. The van der Waals surface area contributed by atoms with Crippen molar-refractivity contribution in [2.75, 3.05) is 0 Å². The normalized spacial score (nSPS) is 23.2. The third kappa shape index (κ3) is 4.54. The molecule has 3 atom stereocenters. The van der Waals surface area contributed by atoms with E-state index < -0.39 is 5.60 Å². The van der Waals surface area contributed by atoms with Gasteiger partial charge in [-0.3, -0.25) is 0 Å². The van der Waals surface area contributed by atoms with E-state index in [-0.39, 0.29) is 11.8 Å². The van der Waals surface area contributed by atoms with E-state index in [1.54, 1.807) is 0 Å². The number of halogens is 2. The first kappa shape index (κ1) is 21.3. The smallest absolute Gasteiger partial charge is 0.121 e. The van der Waals surface area contributed by atoms with Crippen molar-refractivity contribution < 1.29 is 5.11 Å². The largest absolute Gasteiger partial charge is 0.380 e. The van der Waals surface area contributed by atoms with Crippen LogP contribution in [0.15, 0.2) is 118 Å². The van der Waals surface area contributed by atoms with Gasteiger partial charge in [0, 0.05) is 20.8 Å². The summed E-state index contributed by atoms with van der Waals surface area (Å²) < 4.78 is 2.07. The van der Waals surface area contributed by atoms with Crippen molar-refractivity contribution in [3.8, 4) is 0 Å². The first-order valence-electron chi connectivity index (χ1n) is 10.2. The van der Waals surface area contributed by atoms with Crippen LogP contribution in [0.3, 0.4) is 0 Å². The second-order valence-corrected chi connectivity index (χ2v) is 9.56. The van der Waals surface area contributed by atoms with Gasteiger partial charge in [0.1, 0.15) is 5.60 Å². The quantitative estimate of drug-likeness (QED) is 0.435. The predicted molar refractivity (Wildman–Crippen MR) is 132 cm³/mol. The molecule has 2 aliphatic rings. The minimum Gasteiger partial charge on any atom is -0.380 e. The monoisotopic (exact) mass is 522 g/mol. The first-order chi connectivity index (χ1) is 14.6. The molecule has 2 aliphatic carbocycles. The highest BCUT2D eigenvalue weighted by Gasteiger charge is 2.41. The van der Waals surface area contributed by atoms with Crippen molar-refractivity contribution in [3.63, 3.8) is 0 Å². The molecular formula is C27H24Br2O. The SMILES string of the molecule is OC(C1=CCC=CC=C1)(c1ccccc1)C1C=C(Br)C=CC(c2ccc(Br)cc2)C1. The van der Waals surface area contributed by atoms with Crippen LogP contribution in [0.25, 0.3) is 0 Å². The molecule has 2 aromatic carbocycles. The summed E-state index contributed by atoms with van der Waals surface area (Å²) in [7, 11) is 0. The summed E-state index contributed by atoms with van der Waals surface area (Å²) in [4.78, 5) is 0. The van der Waals surface area contributed by atoms with Gasteiger partial charge in [0.05, 0.1) is 0 Å². The van der Waals surface area contributed by atoms with Gasteiger partial charge in [0.15, 0.2) is 0 Å². The number of aliphatic hydroxyl groups is 1. The van der Waals surface area contributed by atoms with Crippen LogP contribution in [0.2, 0.25) is 0 Å². The second-order valence-electron chi connectivity index (χ2n) is 7.73. The molecule has 0 amide bonds. The Hall–Kier alpha value is -1.94. The Labute approximate surface area is 195 Å². The molecule has 1 N–H and O–H groups in total. The van der Waals surface area contributed by atoms with Crippen LogP contribution in [0.4, 0.5) is 0 Å². The van der Waals surface area contributed by atoms with Gasteiger partial charge in [-0.1, -0.05) is 123 Å². The lowest BCUT2D eigenvalue weighted by Crippen LogP contribution is -2.36. The van der Waals surface area contributed by atoms with E-state index >= 15 is 0 Å². The van der Waals surface area contributed by atoms with E-state index in [0.717, 1.165) is 32.9 Å². The fourth-order valence-corrected chi connectivity index (χ4v) is 5.01. The zero-order valence-electron chi connectivity index (χ0n) is 16.6. The van der Waals surface area contributed by atoms with Gasteiger partial charge >= 0.3 is 0 Å². The Bertz CT molecular complexity index is 1030. The predicted octanol–water partition coefficient (Wildman–Crippen LogP) is 7.72. The second kappa shape index (κ2) is 9.47. The van der Waals surface area contributed by atoms with E-state index in [9.17, 15) is 5.11 Å². The lowest BCUT2D eigenvalue weighted by Gasteiger charge is -2.38. The van der Waals surface area contributed by atoms with Gasteiger partial charge in [-0.05, 0) is 41.7 Å². The van der Waals surface area contributed by atoms with E-state index in [4.69, 9.17) is 0 Å². The number of rotatable bonds is 4. The van der Waals surface area contributed by atoms with Crippen LogP contribution in [-0.2, 0) is 5.60 Å². The van der Waals surface area contributed by atoms with Crippen LogP contribution in [0, 0.1) is 5.92 Å². The van der Waals surface area contributed by atoms with Crippen molar-refractivity contribution in [2.45, 2.75) is 24.4 Å². The molecule has 1 nitrogen and oxygen atoms in total. The maximum Gasteiger partial charge on any atom is 0.121 e. The standard InChI is InChI=1S/C27H24Br2O/c28-25-15-12-20(13-16-25)21-14-17-26(29)19-24(18-21)27(30,23-10-6-3-7-11-23)22-8-4-1-2-5-9-22/h1-4,6-17,19,21,24,30H,5,18H2. The van der Waals surface area contributed by atoms with Gasteiger partial charge in [-0.25, -0.2) is 0 Å². The molecule has 0 fully saturated rings. The van der Waals surface area contributed by atoms with E-state index in [1.807, 2.05) is 48.6 Å². The molecule has 0 spiro atoms. The Morgan fingerprint density at radius 1 is 0.900 bits per heavy atom. The van der Waals surface area contributed by atoms with Crippen LogP contribution < -0.4 is 0 Å². The van der Waals surface area contributed by atoms with Crippen LogP contribution >= 0.6 is 31.9 Å². The zero-order valence-corrected chi connectivity index (χ0v) is 19.8. The van der Waals surface area contributed by atoms with Crippen LogP contribution in [-0.4, -0.2) is 5.11 Å². The third-order valence-corrected chi connectivity index (χ3v) is 6.90. The van der Waals surface area contributed by atoms with Gasteiger partial charge < -0.3 is 5.11 Å². The molecule has 0 saturated carbocycles. The average molecular weight is 524 g/mol. The summed E-state index contributed by atoms with van der Waals surface area (Å²) in [5, 5.41) is 12.4. The van der Waals surface area contributed by atoms with Crippen molar-refractivity contribution in [1.82, 2.24) is 0 Å². The van der Waals surface area contributed by atoms with Gasteiger partial charge in [-0.15, -0.1) is 0 Å².